The van der Waals surface area contributed by atoms with Crippen molar-refractivity contribution in [1.82, 2.24) is 29.8 Å². The third-order valence-electron chi connectivity index (χ3n) is 2.29. The van der Waals surface area contributed by atoms with Crippen LogP contribution in [0.3, 0.4) is 0 Å². The van der Waals surface area contributed by atoms with Crippen LogP contribution in [-0.4, -0.2) is 40.8 Å². The molecule has 2 aromatic heterocycles. The lowest BCUT2D eigenvalue weighted by molar-refractivity contribution is 0.0690. The highest BCUT2D eigenvalue weighted by Crippen LogP contribution is 2.03. The van der Waals surface area contributed by atoms with Crippen molar-refractivity contribution in [2.45, 2.75) is 26.9 Å². The van der Waals surface area contributed by atoms with Gasteiger partial charge in [0.05, 0.1) is 6.20 Å². The first-order valence-electron chi connectivity index (χ1n) is 5.56. The van der Waals surface area contributed by atoms with Gasteiger partial charge in [-0.1, -0.05) is 19.1 Å². The summed E-state index contributed by atoms with van der Waals surface area (Å²) >= 11 is 0. The maximum absolute atomic E-state index is 10.7. The minimum atomic E-state index is -1.09. The fraction of sp³-hybridized carbons (Fsp3) is 0.500. The molecule has 0 saturated heterocycles. The molecule has 0 atom stereocenters. The average molecular weight is 250 g/mol. The van der Waals surface area contributed by atoms with Crippen molar-refractivity contribution in [3.05, 3.63) is 24.0 Å². The Labute approximate surface area is 103 Å². The van der Waals surface area contributed by atoms with E-state index >= 15 is 0 Å². The molecule has 0 unspecified atom stereocenters. The molecule has 0 fully saturated rings. The maximum Gasteiger partial charge on any atom is 0.358 e. The summed E-state index contributed by atoms with van der Waals surface area (Å²) in [6, 6.07) is 0. The quantitative estimate of drug-likeness (QED) is 0.817. The first kappa shape index (κ1) is 12.2. The number of aromatic nitrogens is 6. The van der Waals surface area contributed by atoms with Gasteiger partial charge in [0, 0.05) is 6.54 Å². The fourth-order valence-corrected chi connectivity index (χ4v) is 1.53. The van der Waals surface area contributed by atoms with Crippen LogP contribution < -0.4 is 0 Å². The third kappa shape index (κ3) is 2.70. The fourth-order valence-electron chi connectivity index (χ4n) is 1.53. The maximum atomic E-state index is 10.7. The van der Waals surface area contributed by atoms with Gasteiger partial charge in [0.15, 0.2) is 5.69 Å². The number of carboxylic acid groups (broad SMARTS) is 1. The highest BCUT2D eigenvalue weighted by molar-refractivity contribution is 5.84. The molecule has 8 nitrogen and oxygen atoms in total. The van der Waals surface area contributed by atoms with Crippen molar-refractivity contribution in [2.24, 2.45) is 5.92 Å². The second-order valence-corrected chi connectivity index (χ2v) is 4.36. The standard InChI is InChI=1S/C10H14N6O2/c1-7(2)3-16-9(11-6-12-16)5-15-4-8(10(17)18)13-14-15/h4,6-7H,3,5H2,1-2H3,(H,17,18). The molecule has 18 heavy (non-hydrogen) atoms. The van der Waals surface area contributed by atoms with Gasteiger partial charge in [-0.15, -0.1) is 5.10 Å². The minimum Gasteiger partial charge on any atom is -0.476 e. The number of nitrogens with zero attached hydrogens (tertiary/aromatic N) is 6. The van der Waals surface area contributed by atoms with Gasteiger partial charge in [-0.3, -0.25) is 0 Å². The van der Waals surface area contributed by atoms with Crippen LogP contribution in [0.1, 0.15) is 30.2 Å². The molecule has 0 radical (unpaired) electrons. The van der Waals surface area contributed by atoms with Crippen molar-refractivity contribution < 1.29 is 9.90 Å². The van der Waals surface area contributed by atoms with Gasteiger partial charge in [0.2, 0.25) is 0 Å². The SMILES string of the molecule is CC(C)Cn1ncnc1Cn1cc(C(=O)O)nn1. The second-order valence-electron chi connectivity index (χ2n) is 4.36. The summed E-state index contributed by atoms with van der Waals surface area (Å²) in [6.45, 7) is 5.29. The van der Waals surface area contributed by atoms with Crippen LogP contribution in [0, 0.1) is 5.92 Å². The van der Waals surface area contributed by atoms with E-state index in [1.54, 1.807) is 4.68 Å². The smallest absolute Gasteiger partial charge is 0.358 e. The summed E-state index contributed by atoms with van der Waals surface area (Å²) < 4.78 is 3.22. The van der Waals surface area contributed by atoms with E-state index in [1.807, 2.05) is 0 Å². The number of hydrogen-bond donors (Lipinski definition) is 1. The summed E-state index contributed by atoms with van der Waals surface area (Å²) in [6.07, 6.45) is 2.85. The van der Waals surface area contributed by atoms with Gasteiger partial charge < -0.3 is 5.11 Å². The molecule has 2 aromatic rings. The molecular formula is C10H14N6O2. The zero-order valence-electron chi connectivity index (χ0n) is 10.2. The van der Waals surface area contributed by atoms with E-state index in [1.165, 1.54) is 17.2 Å². The highest BCUT2D eigenvalue weighted by Gasteiger charge is 2.11. The summed E-state index contributed by atoms with van der Waals surface area (Å²) in [5.74, 6) is 0.0891. The lowest BCUT2D eigenvalue weighted by Gasteiger charge is -2.07. The van der Waals surface area contributed by atoms with E-state index in [-0.39, 0.29) is 5.69 Å². The summed E-state index contributed by atoms with van der Waals surface area (Å²) in [4.78, 5) is 14.8. The number of rotatable bonds is 5. The van der Waals surface area contributed by atoms with E-state index in [0.29, 0.717) is 12.5 Å². The predicted octanol–water partition coefficient (Wildman–Crippen LogP) is 0.272. The Bertz CT molecular complexity index is 544. The molecule has 2 heterocycles. The van der Waals surface area contributed by atoms with Crippen LogP contribution in [0.5, 0.6) is 0 Å². The molecule has 0 aliphatic carbocycles. The molecule has 0 amide bonds. The molecular weight excluding hydrogens is 236 g/mol. The van der Waals surface area contributed by atoms with E-state index in [0.717, 1.165) is 12.4 Å². The van der Waals surface area contributed by atoms with Gasteiger partial charge in [-0.25, -0.2) is 19.1 Å². The zero-order chi connectivity index (χ0) is 13.1. The Morgan fingerprint density at radius 3 is 2.89 bits per heavy atom. The number of carbonyl (C=O) groups is 1. The Morgan fingerprint density at radius 2 is 2.28 bits per heavy atom. The van der Waals surface area contributed by atoms with Gasteiger partial charge in [0.1, 0.15) is 18.7 Å². The summed E-state index contributed by atoms with van der Waals surface area (Å²) in [7, 11) is 0. The lowest BCUT2D eigenvalue weighted by Crippen LogP contribution is -2.13. The molecule has 0 bridgehead atoms. The molecule has 1 N–H and O–H groups in total. The van der Waals surface area contributed by atoms with E-state index in [9.17, 15) is 4.79 Å². The van der Waals surface area contributed by atoms with Crippen LogP contribution in [0.4, 0.5) is 0 Å². The predicted molar refractivity (Wildman–Crippen MR) is 60.9 cm³/mol. The molecule has 0 aliphatic rings. The number of carboxylic acids is 1. The molecule has 0 aliphatic heterocycles. The van der Waals surface area contributed by atoms with Crippen molar-refractivity contribution in [3.8, 4) is 0 Å². The Balaban J connectivity index is 2.13. The molecule has 0 aromatic carbocycles. The van der Waals surface area contributed by atoms with Crippen LogP contribution in [0.15, 0.2) is 12.5 Å². The number of aromatic carboxylic acids is 1. The van der Waals surface area contributed by atoms with Gasteiger partial charge in [-0.05, 0) is 5.92 Å². The Hall–Kier alpha value is -2.25. The summed E-state index contributed by atoms with van der Waals surface area (Å²) in [5, 5.41) is 20.2. The number of hydrogen-bond acceptors (Lipinski definition) is 5. The topological polar surface area (TPSA) is 98.7 Å². The van der Waals surface area contributed by atoms with Crippen molar-refractivity contribution >= 4 is 5.97 Å². The average Bonchev–Trinajstić information content (AvgIpc) is 2.89. The molecule has 8 heteroatoms. The van der Waals surface area contributed by atoms with Crippen LogP contribution in [0.25, 0.3) is 0 Å². The molecule has 2 rings (SSSR count). The van der Waals surface area contributed by atoms with Crippen LogP contribution in [0.2, 0.25) is 0 Å². The van der Waals surface area contributed by atoms with E-state index in [4.69, 9.17) is 5.11 Å². The molecule has 0 saturated carbocycles. The first-order valence-corrected chi connectivity index (χ1v) is 5.56. The molecule has 96 valence electrons. The normalized spacial score (nSPS) is 11.1. The van der Waals surface area contributed by atoms with E-state index in [2.05, 4.69) is 34.2 Å². The first-order chi connectivity index (χ1) is 8.56. The van der Waals surface area contributed by atoms with Crippen molar-refractivity contribution in [1.29, 1.82) is 0 Å². The van der Waals surface area contributed by atoms with Gasteiger partial charge >= 0.3 is 5.97 Å². The van der Waals surface area contributed by atoms with Crippen LogP contribution in [-0.2, 0) is 13.1 Å². The van der Waals surface area contributed by atoms with Crippen molar-refractivity contribution in [2.75, 3.05) is 0 Å². The Morgan fingerprint density at radius 1 is 1.50 bits per heavy atom. The zero-order valence-corrected chi connectivity index (χ0v) is 10.2. The highest BCUT2D eigenvalue weighted by atomic mass is 16.4. The van der Waals surface area contributed by atoms with Gasteiger partial charge in [-0.2, -0.15) is 5.10 Å². The largest absolute Gasteiger partial charge is 0.476 e. The third-order valence-corrected chi connectivity index (χ3v) is 2.29. The summed E-state index contributed by atoms with van der Waals surface area (Å²) in [5.41, 5.74) is -0.0788. The lowest BCUT2D eigenvalue weighted by atomic mass is 10.2. The molecule has 0 spiro atoms. The van der Waals surface area contributed by atoms with Gasteiger partial charge in [0.25, 0.3) is 0 Å². The van der Waals surface area contributed by atoms with Crippen LogP contribution >= 0.6 is 0 Å². The minimum absolute atomic E-state index is 0.0788. The van der Waals surface area contributed by atoms with E-state index < -0.39 is 5.97 Å². The van der Waals surface area contributed by atoms with Crippen molar-refractivity contribution in [3.63, 3.8) is 0 Å². The monoisotopic (exact) mass is 250 g/mol. The second kappa shape index (κ2) is 4.94. The Kier molecular flexibility index (Phi) is 3.35.